The number of carbonyl (C=O) groups excluding carboxylic acids is 2. The van der Waals surface area contributed by atoms with Crippen molar-refractivity contribution in [3.05, 3.63) is 59.7 Å². The van der Waals surface area contributed by atoms with Crippen LogP contribution in [0.15, 0.2) is 53.6 Å². The average Bonchev–Trinajstić information content (AvgIpc) is 3.24. The molecule has 1 atom stereocenters. The van der Waals surface area contributed by atoms with Gasteiger partial charge in [0, 0.05) is 25.1 Å². The molecule has 0 aliphatic carbocycles. The fourth-order valence-electron chi connectivity index (χ4n) is 3.51. The Hall–Kier alpha value is -3.55. The van der Waals surface area contributed by atoms with E-state index < -0.39 is 0 Å². The molecule has 8 heteroatoms. The minimum absolute atomic E-state index is 0.0171. The summed E-state index contributed by atoms with van der Waals surface area (Å²) in [5.41, 5.74) is 2.62. The number of nitrogens with one attached hydrogen (secondary N) is 1. The highest BCUT2D eigenvalue weighted by Gasteiger charge is 2.34. The van der Waals surface area contributed by atoms with Crippen LogP contribution in [-0.4, -0.2) is 61.4 Å². The molecule has 170 valence electrons. The second kappa shape index (κ2) is 10.2. The van der Waals surface area contributed by atoms with E-state index in [9.17, 15) is 9.59 Å². The normalized spacial score (nSPS) is 15.4. The first-order valence-corrected chi connectivity index (χ1v) is 10.5. The van der Waals surface area contributed by atoms with Gasteiger partial charge in [0.05, 0.1) is 26.0 Å². The number of methoxy groups -OCH3 is 2. The largest absolute Gasteiger partial charge is 0.497 e. The van der Waals surface area contributed by atoms with E-state index in [2.05, 4.69) is 10.4 Å². The molecule has 0 bridgehead atoms. The van der Waals surface area contributed by atoms with Crippen LogP contribution >= 0.6 is 0 Å². The fourth-order valence-corrected chi connectivity index (χ4v) is 3.51. The first-order chi connectivity index (χ1) is 15.3. The van der Waals surface area contributed by atoms with Crippen LogP contribution in [0.3, 0.4) is 0 Å². The number of carbonyl (C=O) groups is 2. The van der Waals surface area contributed by atoms with E-state index in [0.717, 1.165) is 28.3 Å². The van der Waals surface area contributed by atoms with E-state index in [-0.39, 0.29) is 30.6 Å². The van der Waals surface area contributed by atoms with Gasteiger partial charge in [-0.2, -0.15) is 5.10 Å². The van der Waals surface area contributed by atoms with E-state index in [1.165, 1.54) is 9.91 Å². The lowest BCUT2D eigenvalue weighted by molar-refractivity contribution is -0.133. The van der Waals surface area contributed by atoms with E-state index in [0.29, 0.717) is 6.42 Å². The van der Waals surface area contributed by atoms with Crippen LogP contribution in [0.4, 0.5) is 4.79 Å². The third-order valence-corrected chi connectivity index (χ3v) is 5.20. The quantitative estimate of drug-likeness (QED) is 0.718. The summed E-state index contributed by atoms with van der Waals surface area (Å²) in [5, 5.41) is 8.94. The molecule has 2 aromatic carbocycles. The van der Waals surface area contributed by atoms with Gasteiger partial charge in [0.2, 0.25) is 0 Å². The predicted octanol–water partition coefficient (Wildman–Crippen LogP) is 3.43. The second-order valence-electron chi connectivity index (χ2n) is 7.97. The number of benzene rings is 2. The summed E-state index contributed by atoms with van der Waals surface area (Å²) < 4.78 is 10.6. The van der Waals surface area contributed by atoms with Crippen molar-refractivity contribution in [2.24, 2.45) is 5.10 Å². The first kappa shape index (κ1) is 23.1. The molecule has 0 fully saturated rings. The van der Waals surface area contributed by atoms with Crippen LogP contribution in [0.5, 0.6) is 11.5 Å². The average molecular weight is 439 g/mol. The SMILES string of the molecule is COc1ccc(C2CC(c3cccc(OC)c3)=NN2C(=O)CN(C)C(=O)NC(C)C)cc1. The number of rotatable bonds is 7. The zero-order valence-electron chi connectivity index (χ0n) is 19.2. The Morgan fingerprint density at radius 3 is 2.44 bits per heavy atom. The first-order valence-electron chi connectivity index (χ1n) is 10.5. The van der Waals surface area contributed by atoms with Crippen molar-refractivity contribution in [3.8, 4) is 11.5 Å². The molecular weight excluding hydrogens is 408 g/mol. The number of hydrazone groups is 1. The Balaban J connectivity index is 1.88. The zero-order chi connectivity index (χ0) is 23.3. The predicted molar refractivity (Wildman–Crippen MR) is 123 cm³/mol. The summed E-state index contributed by atoms with van der Waals surface area (Å²) in [6, 6.07) is 14.6. The molecule has 8 nitrogen and oxygen atoms in total. The van der Waals surface area contributed by atoms with Gasteiger partial charge in [0.25, 0.3) is 5.91 Å². The number of nitrogens with zero attached hydrogens (tertiary/aromatic N) is 3. The minimum Gasteiger partial charge on any atom is -0.497 e. The molecule has 0 radical (unpaired) electrons. The molecule has 3 rings (SSSR count). The maximum absolute atomic E-state index is 13.2. The highest BCUT2D eigenvalue weighted by atomic mass is 16.5. The molecule has 0 saturated heterocycles. The molecule has 1 aliphatic heterocycles. The summed E-state index contributed by atoms with van der Waals surface area (Å²) in [7, 11) is 4.83. The molecule has 2 aromatic rings. The number of urea groups is 1. The summed E-state index contributed by atoms with van der Waals surface area (Å²) >= 11 is 0. The molecule has 1 unspecified atom stereocenters. The van der Waals surface area contributed by atoms with Gasteiger partial charge in [0.15, 0.2) is 0 Å². The molecule has 1 N–H and O–H groups in total. The van der Waals surface area contributed by atoms with Crippen LogP contribution in [0.2, 0.25) is 0 Å². The number of ether oxygens (including phenoxy) is 2. The third kappa shape index (κ3) is 5.38. The van der Waals surface area contributed by atoms with Gasteiger partial charge in [-0.05, 0) is 43.7 Å². The van der Waals surface area contributed by atoms with Crippen molar-refractivity contribution in [1.82, 2.24) is 15.2 Å². The van der Waals surface area contributed by atoms with Gasteiger partial charge in [-0.15, -0.1) is 0 Å². The van der Waals surface area contributed by atoms with E-state index >= 15 is 0 Å². The van der Waals surface area contributed by atoms with Gasteiger partial charge >= 0.3 is 6.03 Å². The van der Waals surface area contributed by atoms with Gasteiger partial charge in [-0.25, -0.2) is 9.80 Å². The summed E-state index contributed by atoms with van der Waals surface area (Å²) in [4.78, 5) is 26.8. The second-order valence-corrected chi connectivity index (χ2v) is 7.97. The van der Waals surface area contributed by atoms with Gasteiger partial charge in [0.1, 0.15) is 18.0 Å². The third-order valence-electron chi connectivity index (χ3n) is 5.20. The zero-order valence-corrected chi connectivity index (χ0v) is 19.2. The number of amides is 3. The molecule has 1 aliphatic rings. The molecule has 0 saturated carbocycles. The van der Waals surface area contributed by atoms with Crippen molar-refractivity contribution >= 4 is 17.6 Å². The van der Waals surface area contributed by atoms with Crippen LogP contribution in [0.25, 0.3) is 0 Å². The van der Waals surface area contributed by atoms with Crippen LogP contribution in [0.1, 0.15) is 37.4 Å². The lowest BCUT2D eigenvalue weighted by Gasteiger charge is -2.25. The lowest BCUT2D eigenvalue weighted by Crippen LogP contribution is -2.45. The van der Waals surface area contributed by atoms with Crippen LogP contribution in [0, 0.1) is 0 Å². The van der Waals surface area contributed by atoms with Crippen molar-refractivity contribution in [1.29, 1.82) is 0 Å². The fraction of sp³-hybridized carbons (Fsp3) is 0.375. The van der Waals surface area contributed by atoms with Gasteiger partial charge < -0.3 is 19.7 Å². The molecule has 0 spiro atoms. The Kier molecular flexibility index (Phi) is 7.35. The van der Waals surface area contributed by atoms with Crippen molar-refractivity contribution in [2.45, 2.75) is 32.4 Å². The maximum atomic E-state index is 13.2. The summed E-state index contributed by atoms with van der Waals surface area (Å²) in [6.07, 6.45) is 0.549. The molecule has 3 amide bonds. The van der Waals surface area contributed by atoms with Gasteiger partial charge in [-0.1, -0.05) is 24.3 Å². The monoisotopic (exact) mass is 438 g/mol. The van der Waals surface area contributed by atoms with Crippen molar-refractivity contribution < 1.29 is 19.1 Å². The Bertz CT molecular complexity index is 988. The topological polar surface area (TPSA) is 83.5 Å². The number of hydrogen-bond acceptors (Lipinski definition) is 5. The van der Waals surface area contributed by atoms with Gasteiger partial charge in [-0.3, -0.25) is 4.79 Å². The Morgan fingerprint density at radius 1 is 1.12 bits per heavy atom. The lowest BCUT2D eigenvalue weighted by atomic mass is 9.98. The summed E-state index contributed by atoms with van der Waals surface area (Å²) in [6.45, 7) is 3.66. The number of hydrogen-bond donors (Lipinski definition) is 1. The van der Waals surface area contributed by atoms with E-state index in [4.69, 9.17) is 9.47 Å². The molecule has 1 heterocycles. The van der Waals surface area contributed by atoms with Crippen molar-refractivity contribution in [2.75, 3.05) is 27.8 Å². The molecular formula is C24H30N4O4. The highest BCUT2D eigenvalue weighted by Crippen LogP contribution is 2.34. The van der Waals surface area contributed by atoms with Crippen LogP contribution in [-0.2, 0) is 4.79 Å². The summed E-state index contributed by atoms with van der Waals surface area (Å²) in [5.74, 6) is 1.20. The highest BCUT2D eigenvalue weighted by molar-refractivity contribution is 6.03. The Labute approximate surface area is 188 Å². The number of likely N-dealkylation sites (N-methyl/N-ethyl adjacent to an activating group) is 1. The standard InChI is InChI=1S/C24H30N4O4/c1-16(2)25-24(30)27(3)15-23(29)28-22(17-9-11-19(31-4)12-10-17)14-21(26-28)18-7-6-8-20(13-18)32-5/h6-13,16,22H,14-15H2,1-5H3,(H,25,30). The minimum atomic E-state index is -0.300. The van der Waals surface area contributed by atoms with Crippen LogP contribution < -0.4 is 14.8 Å². The van der Waals surface area contributed by atoms with Crippen molar-refractivity contribution in [3.63, 3.8) is 0 Å². The smallest absolute Gasteiger partial charge is 0.317 e. The molecule has 0 aromatic heterocycles. The maximum Gasteiger partial charge on any atom is 0.317 e. The Morgan fingerprint density at radius 2 is 1.81 bits per heavy atom. The molecule has 32 heavy (non-hydrogen) atoms. The van der Waals surface area contributed by atoms with E-state index in [1.54, 1.807) is 21.3 Å². The van der Waals surface area contributed by atoms with E-state index in [1.807, 2.05) is 62.4 Å².